The zero-order valence-electron chi connectivity index (χ0n) is 15.8. The average Bonchev–Trinajstić information content (AvgIpc) is 2.71. The van der Waals surface area contributed by atoms with E-state index in [0.717, 1.165) is 0 Å². The highest BCUT2D eigenvalue weighted by Crippen LogP contribution is 2.29. The quantitative estimate of drug-likeness (QED) is 0.503. The highest BCUT2D eigenvalue weighted by Gasteiger charge is 2.31. The van der Waals surface area contributed by atoms with Gasteiger partial charge in [0.15, 0.2) is 0 Å². The summed E-state index contributed by atoms with van der Waals surface area (Å²) in [5.41, 5.74) is 0.617. The second-order valence-corrected chi connectivity index (χ2v) is 9.78. The van der Waals surface area contributed by atoms with E-state index in [1.165, 1.54) is 22.5 Å². The largest absolute Gasteiger partial charge is 0.324 e. The number of anilines is 1. The molecule has 1 aliphatic heterocycles. The van der Waals surface area contributed by atoms with Gasteiger partial charge < -0.3 is 5.32 Å². The SMILES string of the molecule is O=C(Nc1cc([N+](=O)[O-])ccc1Cl)C1CCN(S(=O)(=O)Cc2ccc(Cl)cc2)CC1. The van der Waals surface area contributed by atoms with Crippen LogP contribution in [0.5, 0.6) is 0 Å². The summed E-state index contributed by atoms with van der Waals surface area (Å²) in [5, 5.41) is 14.3. The van der Waals surface area contributed by atoms with Crippen LogP contribution in [0.4, 0.5) is 11.4 Å². The van der Waals surface area contributed by atoms with Crippen LogP contribution in [0.2, 0.25) is 10.0 Å². The molecule has 1 saturated heterocycles. The summed E-state index contributed by atoms with van der Waals surface area (Å²) in [5.74, 6) is -0.890. The lowest BCUT2D eigenvalue weighted by Crippen LogP contribution is -2.41. The summed E-state index contributed by atoms with van der Waals surface area (Å²) in [6.45, 7) is 0.438. The Morgan fingerprint density at radius 3 is 2.37 bits per heavy atom. The molecule has 1 amide bonds. The van der Waals surface area contributed by atoms with Gasteiger partial charge in [-0.1, -0.05) is 35.3 Å². The van der Waals surface area contributed by atoms with Crippen LogP contribution in [-0.4, -0.2) is 36.6 Å². The molecule has 0 saturated carbocycles. The Kier molecular flexibility index (Phi) is 6.97. The molecule has 0 atom stereocenters. The van der Waals surface area contributed by atoms with Crippen molar-refractivity contribution >= 4 is 50.5 Å². The van der Waals surface area contributed by atoms with Crippen LogP contribution in [-0.2, 0) is 20.6 Å². The highest BCUT2D eigenvalue weighted by molar-refractivity contribution is 7.88. The van der Waals surface area contributed by atoms with Gasteiger partial charge in [0, 0.05) is 36.2 Å². The minimum atomic E-state index is -3.52. The van der Waals surface area contributed by atoms with Gasteiger partial charge in [0.1, 0.15) is 0 Å². The summed E-state index contributed by atoms with van der Waals surface area (Å²) in [6, 6.07) is 10.4. The van der Waals surface area contributed by atoms with E-state index in [2.05, 4.69) is 5.32 Å². The maximum Gasteiger partial charge on any atom is 0.271 e. The third-order valence-corrected chi connectivity index (χ3v) is 7.33. The van der Waals surface area contributed by atoms with Gasteiger partial charge in [-0.2, -0.15) is 0 Å². The zero-order valence-corrected chi connectivity index (χ0v) is 18.1. The van der Waals surface area contributed by atoms with E-state index in [-0.39, 0.29) is 41.1 Å². The van der Waals surface area contributed by atoms with Gasteiger partial charge >= 0.3 is 0 Å². The Balaban J connectivity index is 1.59. The Hall–Kier alpha value is -2.20. The first-order valence-electron chi connectivity index (χ1n) is 9.13. The number of non-ortho nitro benzene ring substituents is 1. The number of carbonyl (C=O) groups is 1. The summed E-state index contributed by atoms with van der Waals surface area (Å²) in [7, 11) is -3.52. The number of hydrogen-bond acceptors (Lipinski definition) is 5. The molecule has 30 heavy (non-hydrogen) atoms. The Bertz CT molecular complexity index is 1050. The van der Waals surface area contributed by atoms with Crippen LogP contribution in [0.3, 0.4) is 0 Å². The molecule has 1 aliphatic rings. The topological polar surface area (TPSA) is 110 Å². The van der Waals surface area contributed by atoms with Gasteiger partial charge in [0.2, 0.25) is 15.9 Å². The number of carbonyl (C=O) groups excluding carboxylic acids is 1. The van der Waals surface area contributed by atoms with Gasteiger partial charge in [0.05, 0.1) is 21.4 Å². The number of halogens is 2. The van der Waals surface area contributed by atoms with Gasteiger partial charge in [0.25, 0.3) is 5.69 Å². The molecule has 0 radical (unpaired) electrons. The summed E-state index contributed by atoms with van der Waals surface area (Å²) >= 11 is 11.9. The number of piperidine rings is 1. The predicted molar refractivity (Wildman–Crippen MR) is 115 cm³/mol. The minimum absolute atomic E-state index is 0.135. The number of nitrogens with zero attached hydrogens (tertiary/aromatic N) is 2. The number of hydrogen-bond donors (Lipinski definition) is 1. The third kappa shape index (κ3) is 5.48. The fraction of sp³-hybridized carbons (Fsp3) is 0.316. The lowest BCUT2D eigenvalue weighted by Gasteiger charge is -2.30. The van der Waals surface area contributed by atoms with E-state index in [9.17, 15) is 23.3 Å². The average molecular weight is 472 g/mol. The molecular formula is C19H19Cl2N3O5S. The number of amides is 1. The Morgan fingerprint density at radius 2 is 1.77 bits per heavy atom. The van der Waals surface area contributed by atoms with Gasteiger partial charge in [-0.25, -0.2) is 12.7 Å². The first-order chi connectivity index (χ1) is 14.2. The molecule has 0 bridgehead atoms. The second kappa shape index (κ2) is 9.30. The van der Waals surface area contributed by atoms with Crippen LogP contribution in [0.15, 0.2) is 42.5 Å². The van der Waals surface area contributed by atoms with Gasteiger partial charge in [-0.05, 0) is 36.6 Å². The maximum atomic E-state index is 12.7. The molecule has 0 spiro atoms. The van der Waals surface area contributed by atoms with Crippen LogP contribution in [0.25, 0.3) is 0 Å². The number of sulfonamides is 1. The fourth-order valence-corrected chi connectivity index (χ4v) is 5.09. The van der Waals surface area contributed by atoms with Gasteiger partial charge in [-0.3, -0.25) is 14.9 Å². The summed E-state index contributed by atoms with van der Waals surface area (Å²) < 4.78 is 26.7. The molecule has 0 unspecified atom stereocenters. The van der Waals surface area contributed by atoms with Crippen LogP contribution in [0, 0.1) is 16.0 Å². The molecule has 2 aromatic carbocycles. The number of rotatable bonds is 6. The van der Waals surface area contributed by atoms with Crippen LogP contribution in [0.1, 0.15) is 18.4 Å². The Labute approximate surface area is 184 Å². The van der Waals surface area contributed by atoms with Crippen molar-refractivity contribution in [2.24, 2.45) is 5.92 Å². The molecule has 2 aromatic rings. The van der Waals surface area contributed by atoms with Crippen molar-refractivity contribution in [2.75, 3.05) is 18.4 Å². The van der Waals surface area contributed by atoms with E-state index in [1.54, 1.807) is 24.3 Å². The fourth-order valence-electron chi connectivity index (χ4n) is 3.24. The van der Waals surface area contributed by atoms with E-state index in [0.29, 0.717) is 23.4 Å². The summed E-state index contributed by atoms with van der Waals surface area (Å²) in [6.07, 6.45) is 0.691. The lowest BCUT2D eigenvalue weighted by atomic mass is 9.97. The first kappa shape index (κ1) is 22.5. The van der Waals surface area contributed by atoms with Crippen molar-refractivity contribution < 1.29 is 18.1 Å². The first-order valence-corrected chi connectivity index (χ1v) is 11.5. The monoisotopic (exact) mass is 471 g/mol. The molecule has 1 N–H and O–H groups in total. The molecule has 3 rings (SSSR count). The summed E-state index contributed by atoms with van der Waals surface area (Å²) in [4.78, 5) is 22.9. The standard InChI is InChI=1S/C19H19Cl2N3O5S/c20-15-3-1-13(2-4-15)12-30(28,29)23-9-7-14(8-10-23)19(25)22-18-11-16(24(26)27)5-6-17(18)21/h1-6,11,14H,7-10,12H2,(H,22,25). The number of benzene rings is 2. The normalized spacial score (nSPS) is 15.7. The molecule has 1 heterocycles. The van der Waals surface area contributed by atoms with E-state index in [4.69, 9.17) is 23.2 Å². The highest BCUT2D eigenvalue weighted by atomic mass is 35.5. The van der Waals surface area contributed by atoms with E-state index < -0.39 is 20.9 Å². The lowest BCUT2D eigenvalue weighted by molar-refractivity contribution is -0.384. The molecule has 0 aromatic heterocycles. The smallest absolute Gasteiger partial charge is 0.271 e. The van der Waals surface area contributed by atoms with Crippen molar-refractivity contribution in [3.63, 3.8) is 0 Å². The third-order valence-electron chi connectivity index (χ3n) is 4.90. The number of nitrogens with one attached hydrogen (secondary N) is 1. The molecule has 0 aliphatic carbocycles. The van der Waals surface area contributed by atoms with Crippen LogP contribution < -0.4 is 5.32 Å². The number of nitro benzene ring substituents is 1. The van der Waals surface area contributed by atoms with Crippen molar-refractivity contribution in [1.29, 1.82) is 0 Å². The molecule has 160 valence electrons. The van der Waals surface area contributed by atoms with E-state index >= 15 is 0 Å². The molecule has 8 nitrogen and oxygen atoms in total. The minimum Gasteiger partial charge on any atom is -0.324 e. The number of nitro groups is 1. The van der Waals surface area contributed by atoms with Crippen molar-refractivity contribution in [3.05, 3.63) is 68.2 Å². The van der Waals surface area contributed by atoms with Gasteiger partial charge in [-0.15, -0.1) is 0 Å². The maximum absolute atomic E-state index is 12.7. The molecule has 1 fully saturated rings. The predicted octanol–water partition coefficient (Wildman–Crippen LogP) is 4.08. The van der Waals surface area contributed by atoms with Crippen molar-refractivity contribution in [1.82, 2.24) is 4.31 Å². The van der Waals surface area contributed by atoms with Crippen molar-refractivity contribution in [3.8, 4) is 0 Å². The second-order valence-electron chi connectivity index (χ2n) is 6.97. The van der Waals surface area contributed by atoms with Crippen LogP contribution >= 0.6 is 23.2 Å². The molecule has 11 heteroatoms. The Morgan fingerprint density at radius 1 is 1.13 bits per heavy atom. The zero-order chi connectivity index (χ0) is 21.9. The van der Waals surface area contributed by atoms with E-state index in [1.807, 2.05) is 0 Å². The van der Waals surface area contributed by atoms with Crippen molar-refractivity contribution in [2.45, 2.75) is 18.6 Å². The molecular weight excluding hydrogens is 453 g/mol.